The maximum atomic E-state index is 12.0. The third kappa shape index (κ3) is 2.39. The van der Waals surface area contributed by atoms with Gasteiger partial charge in [0.25, 0.3) is 5.91 Å². The van der Waals surface area contributed by atoms with E-state index < -0.39 is 0 Å². The first kappa shape index (κ1) is 11.3. The molecular formula is C14H16BrNO. The first-order chi connectivity index (χ1) is 8.20. The lowest BCUT2D eigenvalue weighted by Gasteiger charge is -2.14. The Labute approximate surface area is 110 Å². The van der Waals surface area contributed by atoms with E-state index in [1.165, 1.54) is 25.7 Å². The van der Waals surface area contributed by atoms with Gasteiger partial charge in [0.2, 0.25) is 0 Å². The third-order valence-corrected chi connectivity index (χ3v) is 4.52. The second-order valence-corrected chi connectivity index (χ2v) is 6.25. The van der Waals surface area contributed by atoms with Crippen molar-refractivity contribution in [2.24, 2.45) is 11.3 Å². The van der Waals surface area contributed by atoms with E-state index >= 15 is 0 Å². The fraction of sp³-hybridized carbons (Fsp3) is 0.500. The molecule has 0 heterocycles. The molecule has 0 bridgehead atoms. The van der Waals surface area contributed by atoms with Crippen LogP contribution in [-0.2, 0) is 0 Å². The average Bonchev–Trinajstić information content (AvgIpc) is 3.15. The second kappa shape index (κ2) is 4.13. The van der Waals surface area contributed by atoms with Crippen molar-refractivity contribution >= 4 is 21.8 Å². The van der Waals surface area contributed by atoms with E-state index in [0.29, 0.717) is 5.41 Å². The van der Waals surface area contributed by atoms with Gasteiger partial charge in [-0.2, -0.15) is 0 Å². The number of carbonyl (C=O) groups excluding carboxylic acids is 1. The van der Waals surface area contributed by atoms with Crippen LogP contribution in [0.5, 0.6) is 0 Å². The summed E-state index contributed by atoms with van der Waals surface area (Å²) in [6, 6.07) is 7.55. The van der Waals surface area contributed by atoms with E-state index in [0.717, 1.165) is 22.5 Å². The topological polar surface area (TPSA) is 29.1 Å². The van der Waals surface area contributed by atoms with Gasteiger partial charge < -0.3 is 5.32 Å². The molecule has 17 heavy (non-hydrogen) atoms. The summed E-state index contributed by atoms with van der Waals surface area (Å²) in [6.45, 7) is 0.864. The zero-order valence-electron chi connectivity index (χ0n) is 9.71. The minimum absolute atomic E-state index is 0.0539. The smallest absolute Gasteiger partial charge is 0.251 e. The molecule has 1 aromatic carbocycles. The van der Waals surface area contributed by atoms with Crippen LogP contribution in [-0.4, -0.2) is 12.5 Å². The standard InChI is InChI=1S/C14H16BrNO/c15-12-3-1-2-10(8-12)13(17)16-9-14(6-7-14)11-4-5-11/h1-3,8,11H,4-7,9H2,(H,16,17). The summed E-state index contributed by atoms with van der Waals surface area (Å²) in [4.78, 5) is 12.0. The van der Waals surface area contributed by atoms with Crippen LogP contribution < -0.4 is 5.32 Å². The van der Waals surface area contributed by atoms with Crippen molar-refractivity contribution in [1.82, 2.24) is 5.32 Å². The molecule has 0 aromatic heterocycles. The molecule has 1 amide bonds. The molecule has 0 aliphatic heterocycles. The second-order valence-electron chi connectivity index (χ2n) is 5.33. The van der Waals surface area contributed by atoms with Crippen LogP contribution in [0.2, 0.25) is 0 Å². The van der Waals surface area contributed by atoms with Gasteiger partial charge in [-0.25, -0.2) is 0 Å². The molecule has 0 spiro atoms. The Hall–Kier alpha value is -0.830. The van der Waals surface area contributed by atoms with Crippen LogP contribution in [0.4, 0.5) is 0 Å². The summed E-state index contributed by atoms with van der Waals surface area (Å²) in [5, 5.41) is 3.09. The molecule has 0 radical (unpaired) electrons. The number of hydrogen-bond donors (Lipinski definition) is 1. The maximum Gasteiger partial charge on any atom is 0.251 e. The summed E-state index contributed by atoms with van der Waals surface area (Å²) >= 11 is 3.39. The highest BCUT2D eigenvalue weighted by Crippen LogP contribution is 2.60. The van der Waals surface area contributed by atoms with Gasteiger partial charge in [0.1, 0.15) is 0 Å². The van der Waals surface area contributed by atoms with Crippen molar-refractivity contribution in [3.05, 3.63) is 34.3 Å². The van der Waals surface area contributed by atoms with Gasteiger partial charge in [-0.15, -0.1) is 0 Å². The Morgan fingerprint density at radius 1 is 1.41 bits per heavy atom. The van der Waals surface area contributed by atoms with Crippen LogP contribution >= 0.6 is 15.9 Å². The SMILES string of the molecule is O=C(NCC1(C2CC2)CC1)c1cccc(Br)c1. The first-order valence-corrected chi connectivity index (χ1v) is 7.03. The predicted molar refractivity (Wildman–Crippen MR) is 70.9 cm³/mol. The highest BCUT2D eigenvalue weighted by Gasteiger charge is 2.53. The Bertz CT molecular complexity index is 449. The van der Waals surface area contributed by atoms with Crippen LogP contribution in [0, 0.1) is 11.3 Å². The predicted octanol–water partition coefficient (Wildman–Crippen LogP) is 3.37. The minimum Gasteiger partial charge on any atom is -0.351 e. The Balaban J connectivity index is 1.60. The van der Waals surface area contributed by atoms with Crippen molar-refractivity contribution in [2.75, 3.05) is 6.54 Å². The van der Waals surface area contributed by atoms with Gasteiger partial charge in [-0.1, -0.05) is 22.0 Å². The van der Waals surface area contributed by atoms with Crippen molar-refractivity contribution in [3.8, 4) is 0 Å². The van der Waals surface area contributed by atoms with E-state index in [1.807, 2.05) is 24.3 Å². The van der Waals surface area contributed by atoms with E-state index in [1.54, 1.807) is 0 Å². The number of rotatable bonds is 4. The molecule has 2 fully saturated rings. The molecule has 0 saturated heterocycles. The van der Waals surface area contributed by atoms with Gasteiger partial charge in [-0.3, -0.25) is 4.79 Å². The number of halogens is 1. The van der Waals surface area contributed by atoms with Crippen molar-refractivity contribution < 1.29 is 4.79 Å². The summed E-state index contributed by atoms with van der Waals surface area (Å²) in [7, 11) is 0. The maximum absolute atomic E-state index is 12.0. The number of hydrogen-bond acceptors (Lipinski definition) is 1. The van der Waals surface area contributed by atoms with E-state index in [4.69, 9.17) is 0 Å². The molecule has 90 valence electrons. The van der Waals surface area contributed by atoms with Gasteiger partial charge in [0.15, 0.2) is 0 Å². The Kier molecular flexibility index (Phi) is 2.74. The van der Waals surface area contributed by atoms with Crippen LogP contribution in [0.25, 0.3) is 0 Å². The quantitative estimate of drug-likeness (QED) is 0.906. The normalized spacial score (nSPS) is 21.0. The molecule has 3 rings (SSSR count). The molecule has 2 nitrogen and oxygen atoms in total. The molecule has 0 atom stereocenters. The summed E-state index contributed by atoms with van der Waals surface area (Å²) in [6.07, 6.45) is 5.34. The van der Waals surface area contributed by atoms with E-state index in [9.17, 15) is 4.79 Å². The van der Waals surface area contributed by atoms with Gasteiger partial charge in [0, 0.05) is 16.6 Å². The van der Waals surface area contributed by atoms with Crippen molar-refractivity contribution in [3.63, 3.8) is 0 Å². The largest absolute Gasteiger partial charge is 0.351 e. The lowest BCUT2D eigenvalue weighted by molar-refractivity contribution is 0.0942. The fourth-order valence-corrected chi connectivity index (χ4v) is 2.97. The van der Waals surface area contributed by atoms with Gasteiger partial charge in [-0.05, 0) is 55.2 Å². The van der Waals surface area contributed by atoms with Crippen LogP contribution in [0.15, 0.2) is 28.7 Å². The van der Waals surface area contributed by atoms with E-state index in [-0.39, 0.29) is 5.91 Å². The molecule has 2 aliphatic rings. The van der Waals surface area contributed by atoms with Crippen LogP contribution in [0.1, 0.15) is 36.0 Å². The molecule has 2 saturated carbocycles. The Morgan fingerprint density at radius 2 is 2.18 bits per heavy atom. The van der Waals surface area contributed by atoms with Crippen LogP contribution in [0.3, 0.4) is 0 Å². The molecule has 3 heteroatoms. The van der Waals surface area contributed by atoms with Crippen molar-refractivity contribution in [2.45, 2.75) is 25.7 Å². The zero-order valence-corrected chi connectivity index (χ0v) is 11.3. The van der Waals surface area contributed by atoms with Gasteiger partial charge in [0.05, 0.1) is 0 Å². The number of nitrogens with one attached hydrogen (secondary N) is 1. The number of carbonyl (C=O) groups is 1. The Morgan fingerprint density at radius 3 is 2.76 bits per heavy atom. The fourth-order valence-electron chi connectivity index (χ4n) is 2.57. The number of benzene rings is 1. The third-order valence-electron chi connectivity index (χ3n) is 4.02. The molecule has 2 aliphatic carbocycles. The summed E-state index contributed by atoms with van der Waals surface area (Å²) in [5.41, 5.74) is 1.22. The molecule has 1 aromatic rings. The summed E-state index contributed by atoms with van der Waals surface area (Å²) in [5.74, 6) is 0.948. The lowest BCUT2D eigenvalue weighted by Crippen LogP contribution is -2.31. The molecule has 1 N–H and O–H groups in total. The zero-order chi connectivity index (χ0) is 11.9. The van der Waals surface area contributed by atoms with Crippen molar-refractivity contribution in [1.29, 1.82) is 0 Å². The summed E-state index contributed by atoms with van der Waals surface area (Å²) < 4.78 is 0.952. The monoisotopic (exact) mass is 293 g/mol. The van der Waals surface area contributed by atoms with E-state index in [2.05, 4.69) is 21.2 Å². The van der Waals surface area contributed by atoms with Gasteiger partial charge >= 0.3 is 0 Å². The first-order valence-electron chi connectivity index (χ1n) is 6.23. The number of amides is 1. The highest BCUT2D eigenvalue weighted by atomic mass is 79.9. The minimum atomic E-state index is 0.0539. The lowest BCUT2D eigenvalue weighted by atomic mass is 10.0. The molecule has 0 unspecified atom stereocenters. The average molecular weight is 294 g/mol. The molecular weight excluding hydrogens is 278 g/mol. The highest BCUT2D eigenvalue weighted by molar-refractivity contribution is 9.10.